The van der Waals surface area contributed by atoms with Crippen molar-refractivity contribution < 1.29 is 9.53 Å². The largest absolute Gasteiger partial charge is 0.497 e. The van der Waals surface area contributed by atoms with E-state index in [2.05, 4.69) is 16.8 Å². The molecular formula is C17H25N3O2. The molecule has 0 N–H and O–H groups in total. The van der Waals surface area contributed by atoms with Gasteiger partial charge in [-0.2, -0.15) is 0 Å². The molecule has 0 saturated carbocycles. The third kappa shape index (κ3) is 3.25. The molecule has 1 aromatic rings. The van der Waals surface area contributed by atoms with Crippen LogP contribution >= 0.6 is 0 Å². The predicted molar refractivity (Wildman–Crippen MR) is 86.4 cm³/mol. The van der Waals surface area contributed by atoms with E-state index in [4.69, 9.17) is 4.74 Å². The van der Waals surface area contributed by atoms with E-state index in [1.165, 1.54) is 0 Å². The molecule has 5 nitrogen and oxygen atoms in total. The molecule has 2 aliphatic heterocycles. The zero-order chi connectivity index (χ0) is 15.5. The van der Waals surface area contributed by atoms with E-state index in [9.17, 15) is 4.79 Å². The van der Waals surface area contributed by atoms with E-state index in [-0.39, 0.29) is 5.91 Å². The van der Waals surface area contributed by atoms with Gasteiger partial charge in [-0.15, -0.1) is 0 Å². The first-order valence-corrected chi connectivity index (χ1v) is 8.03. The second kappa shape index (κ2) is 6.67. The molecule has 2 fully saturated rings. The van der Waals surface area contributed by atoms with Crippen molar-refractivity contribution >= 4 is 5.91 Å². The number of benzene rings is 1. The van der Waals surface area contributed by atoms with Crippen LogP contribution < -0.4 is 4.74 Å². The maximum Gasteiger partial charge on any atom is 0.254 e. The average Bonchev–Trinajstić information content (AvgIpc) is 3.05. The monoisotopic (exact) mass is 303 g/mol. The Morgan fingerprint density at radius 3 is 2.68 bits per heavy atom. The van der Waals surface area contributed by atoms with Crippen molar-refractivity contribution in [1.29, 1.82) is 0 Å². The number of likely N-dealkylation sites (tertiary alicyclic amines) is 1. The summed E-state index contributed by atoms with van der Waals surface area (Å²) < 4.78 is 5.21. The summed E-state index contributed by atoms with van der Waals surface area (Å²) in [6.07, 6.45) is 1.08. The second-order valence-corrected chi connectivity index (χ2v) is 6.26. The van der Waals surface area contributed by atoms with Gasteiger partial charge in [-0.05, 0) is 31.7 Å². The summed E-state index contributed by atoms with van der Waals surface area (Å²) in [4.78, 5) is 19.5. The Bertz CT molecular complexity index is 526. The molecule has 0 unspecified atom stereocenters. The molecule has 1 aromatic carbocycles. The van der Waals surface area contributed by atoms with Crippen molar-refractivity contribution in [2.24, 2.45) is 0 Å². The molecule has 0 aromatic heterocycles. The van der Waals surface area contributed by atoms with Crippen LogP contribution in [0.25, 0.3) is 0 Å². The predicted octanol–water partition coefficient (Wildman–Crippen LogP) is 1.16. The van der Waals surface area contributed by atoms with Gasteiger partial charge in [0.15, 0.2) is 0 Å². The fraction of sp³-hybridized carbons (Fsp3) is 0.588. The summed E-state index contributed by atoms with van der Waals surface area (Å²) in [5.41, 5.74) is 0.721. The summed E-state index contributed by atoms with van der Waals surface area (Å²) in [6, 6.07) is 7.95. The maximum atomic E-state index is 12.6. The Kier molecular flexibility index (Phi) is 4.64. The highest BCUT2D eigenvalue weighted by molar-refractivity contribution is 5.94. The number of hydrogen-bond donors (Lipinski definition) is 0. The van der Waals surface area contributed by atoms with Crippen LogP contribution in [-0.4, -0.2) is 80.1 Å². The van der Waals surface area contributed by atoms with Gasteiger partial charge in [0, 0.05) is 50.9 Å². The molecular weight excluding hydrogens is 278 g/mol. The first-order valence-electron chi connectivity index (χ1n) is 8.03. The van der Waals surface area contributed by atoms with Crippen LogP contribution in [0.4, 0.5) is 0 Å². The van der Waals surface area contributed by atoms with Crippen molar-refractivity contribution in [3.05, 3.63) is 29.8 Å². The molecule has 1 amide bonds. The highest BCUT2D eigenvalue weighted by atomic mass is 16.5. The van der Waals surface area contributed by atoms with E-state index in [1.807, 2.05) is 29.2 Å². The second-order valence-electron chi connectivity index (χ2n) is 6.26. The van der Waals surface area contributed by atoms with Crippen LogP contribution in [0.2, 0.25) is 0 Å². The minimum Gasteiger partial charge on any atom is -0.497 e. The minimum absolute atomic E-state index is 0.121. The number of ether oxygens (including phenoxy) is 1. The number of amides is 1. The fourth-order valence-corrected chi connectivity index (χ4v) is 3.35. The highest BCUT2D eigenvalue weighted by Gasteiger charge is 2.32. The average molecular weight is 303 g/mol. The summed E-state index contributed by atoms with van der Waals surface area (Å²) >= 11 is 0. The van der Waals surface area contributed by atoms with E-state index in [1.54, 1.807) is 7.11 Å². The standard InChI is InChI=1S/C17H25N3O2/c1-18-8-10-19(11-9-18)15-6-7-20(13-15)17(21)14-4-3-5-16(12-14)22-2/h3-5,12,15H,6-11,13H2,1-2H3/t15-/m1/s1. The lowest BCUT2D eigenvalue weighted by Crippen LogP contribution is -2.50. The number of methoxy groups -OCH3 is 1. The summed E-state index contributed by atoms with van der Waals surface area (Å²) in [5, 5.41) is 0. The van der Waals surface area contributed by atoms with Crippen molar-refractivity contribution in [2.75, 3.05) is 53.4 Å². The first kappa shape index (κ1) is 15.3. The number of carbonyl (C=O) groups is 1. The molecule has 5 heteroatoms. The van der Waals surface area contributed by atoms with Crippen LogP contribution in [0.1, 0.15) is 16.8 Å². The van der Waals surface area contributed by atoms with Crippen molar-refractivity contribution in [3.8, 4) is 5.75 Å². The van der Waals surface area contributed by atoms with Gasteiger partial charge in [0.2, 0.25) is 0 Å². The van der Waals surface area contributed by atoms with E-state index in [0.717, 1.165) is 57.0 Å². The molecule has 2 saturated heterocycles. The lowest BCUT2D eigenvalue weighted by Gasteiger charge is -2.36. The number of piperazine rings is 1. The smallest absolute Gasteiger partial charge is 0.254 e. The van der Waals surface area contributed by atoms with Crippen LogP contribution in [0, 0.1) is 0 Å². The van der Waals surface area contributed by atoms with Crippen LogP contribution in [0.3, 0.4) is 0 Å². The Balaban J connectivity index is 1.61. The molecule has 2 heterocycles. The Morgan fingerprint density at radius 1 is 1.18 bits per heavy atom. The molecule has 120 valence electrons. The lowest BCUT2D eigenvalue weighted by molar-refractivity contribution is 0.0755. The number of hydrogen-bond acceptors (Lipinski definition) is 4. The molecule has 2 aliphatic rings. The topological polar surface area (TPSA) is 36.0 Å². The first-order chi connectivity index (χ1) is 10.7. The minimum atomic E-state index is 0.121. The molecule has 3 rings (SSSR count). The number of likely N-dealkylation sites (N-methyl/N-ethyl adjacent to an activating group) is 1. The van der Waals surface area contributed by atoms with E-state index in [0.29, 0.717) is 6.04 Å². The number of carbonyl (C=O) groups excluding carboxylic acids is 1. The van der Waals surface area contributed by atoms with E-state index >= 15 is 0 Å². The van der Waals surface area contributed by atoms with Crippen molar-refractivity contribution in [2.45, 2.75) is 12.5 Å². The molecule has 1 atom stereocenters. The zero-order valence-electron chi connectivity index (χ0n) is 13.5. The number of nitrogens with zero attached hydrogens (tertiary/aromatic N) is 3. The number of rotatable bonds is 3. The van der Waals surface area contributed by atoms with Gasteiger partial charge in [-0.3, -0.25) is 9.69 Å². The molecule has 22 heavy (non-hydrogen) atoms. The Hall–Kier alpha value is -1.59. The summed E-state index contributed by atoms with van der Waals surface area (Å²) in [7, 11) is 3.80. The third-order valence-electron chi connectivity index (χ3n) is 4.82. The molecule has 0 aliphatic carbocycles. The highest BCUT2D eigenvalue weighted by Crippen LogP contribution is 2.21. The molecule has 0 bridgehead atoms. The Morgan fingerprint density at radius 2 is 1.95 bits per heavy atom. The lowest BCUT2D eigenvalue weighted by atomic mass is 10.2. The summed E-state index contributed by atoms with van der Waals surface area (Å²) in [5.74, 6) is 0.858. The van der Waals surface area contributed by atoms with E-state index < -0.39 is 0 Å². The van der Waals surface area contributed by atoms with Gasteiger partial charge in [-0.25, -0.2) is 0 Å². The van der Waals surface area contributed by atoms with Gasteiger partial charge in [0.05, 0.1) is 7.11 Å². The molecule has 0 radical (unpaired) electrons. The zero-order valence-corrected chi connectivity index (χ0v) is 13.5. The van der Waals surface area contributed by atoms with Gasteiger partial charge < -0.3 is 14.5 Å². The van der Waals surface area contributed by atoms with Gasteiger partial charge in [0.25, 0.3) is 5.91 Å². The van der Waals surface area contributed by atoms with Gasteiger partial charge in [-0.1, -0.05) is 6.07 Å². The van der Waals surface area contributed by atoms with Crippen LogP contribution in [0.15, 0.2) is 24.3 Å². The quantitative estimate of drug-likeness (QED) is 0.839. The SMILES string of the molecule is COc1cccc(C(=O)N2CC[C@@H](N3CCN(C)CC3)C2)c1. The maximum absolute atomic E-state index is 12.6. The summed E-state index contributed by atoms with van der Waals surface area (Å²) in [6.45, 7) is 6.18. The normalized spacial score (nSPS) is 23.7. The van der Waals surface area contributed by atoms with Crippen molar-refractivity contribution in [1.82, 2.24) is 14.7 Å². The van der Waals surface area contributed by atoms with Gasteiger partial charge >= 0.3 is 0 Å². The van der Waals surface area contributed by atoms with Crippen molar-refractivity contribution in [3.63, 3.8) is 0 Å². The van der Waals surface area contributed by atoms with Crippen LogP contribution in [0.5, 0.6) is 5.75 Å². The van der Waals surface area contributed by atoms with Gasteiger partial charge in [0.1, 0.15) is 5.75 Å². The Labute approximate surface area is 132 Å². The molecule has 0 spiro atoms. The third-order valence-corrected chi connectivity index (χ3v) is 4.82. The van der Waals surface area contributed by atoms with Crippen LogP contribution in [-0.2, 0) is 0 Å². The fourth-order valence-electron chi connectivity index (χ4n) is 3.35.